The molecular weight excluding hydrogens is 390 g/mol. The summed E-state index contributed by atoms with van der Waals surface area (Å²) in [5.74, 6) is 0.906. The first-order valence-electron chi connectivity index (χ1n) is 10.7. The van der Waals surface area contributed by atoms with E-state index in [0.29, 0.717) is 6.54 Å². The largest absolute Gasteiger partial charge is 0.497 e. The molecule has 7 heteroatoms. The van der Waals surface area contributed by atoms with Gasteiger partial charge in [0.15, 0.2) is 0 Å². The van der Waals surface area contributed by atoms with Crippen molar-refractivity contribution < 1.29 is 9.53 Å². The van der Waals surface area contributed by atoms with Crippen LogP contribution >= 0.6 is 0 Å². The molecule has 1 aliphatic heterocycles. The molecule has 0 radical (unpaired) electrons. The molecule has 31 heavy (non-hydrogen) atoms. The number of ether oxygens (including phenoxy) is 1. The Bertz CT molecular complexity index is 951. The third-order valence-electron chi connectivity index (χ3n) is 5.89. The van der Waals surface area contributed by atoms with Gasteiger partial charge in [-0.3, -0.25) is 14.4 Å². The highest BCUT2D eigenvalue weighted by Gasteiger charge is 2.30. The number of methoxy groups -OCH3 is 1. The van der Waals surface area contributed by atoms with Gasteiger partial charge in [0.05, 0.1) is 25.6 Å². The van der Waals surface area contributed by atoms with Crippen LogP contribution in [0.3, 0.4) is 0 Å². The Labute approximate surface area is 183 Å². The summed E-state index contributed by atoms with van der Waals surface area (Å²) in [5, 5.41) is 4.12. The van der Waals surface area contributed by atoms with Gasteiger partial charge >= 0.3 is 0 Å². The molecular formula is C24H29N5O2. The van der Waals surface area contributed by atoms with Crippen molar-refractivity contribution in [3.8, 4) is 5.75 Å². The maximum absolute atomic E-state index is 12.9. The van der Waals surface area contributed by atoms with Gasteiger partial charge in [-0.05, 0) is 23.3 Å². The molecule has 1 aromatic heterocycles. The molecule has 2 unspecified atom stereocenters. The van der Waals surface area contributed by atoms with Gasteiger partial charge in [-0.25, -0.2) is 4.98 Å². The molecule has 0 bridgehead atoms. The van der Waals surface area contributed by atoms with E-state index in [2.05, 4.69) is 51.4 Å². The lowest BCUT2D eigenvalue weighted by Gasteiger charge is -2.40. The summed E-state index contributed by atoms with van der Waals surface area (Å²) in [5.41, 5.74) is 2.48. The van der Waals surface area contributed by atoms with Crippen molar-refractivity contribution in [3.05, 3.63) is 78.4 Å². The third kappa shape index (κ3) is 4.94. The Morgan fingerprint density at radius 2 is 1.68 bits per heavy atom. The van der Waals surface area contributed by atoms with Gasteiger partial charge in [0.2, 0.25) is 5.91 Å². The predicted octanol–water partition coefficient (Wildman–Crippen LogP) is 2.86. The molecule has 1 fully saturated rings. The second-order valence-corrected chi connectivity index (χ2v) is 7.97. The van der Waals surface area contributed by atoms with Crippen molar-refractivity contribution in [1.29, 1.82) is 0 Å². The van der Waals surface area contributed by atoms with Crippen molar-refractivity contribution in [2.24, 2.45) is 5.92 Å². The lowest BCUT2D eigenvalue weighted by atomic mass is 9.96. The number of nitrogens with zero attached hydrogens (tertiary/aromatic N) is 5. The fraction of sp³-hybridized carbons (Fsp3) is 0.375. The van der Waals surface area contributed by atoms with Crippen LogP contribution in [0.15, 0.2) is 67.3 Å². The van der Waals surface area contributed by atoms with Gasteiger partial charge in [0.25, 0.3) is 0 Å². The summed E-state index contributed by atoms with van der Waals surface area (Å²) in [7, 11) is 1.68. The van der Waals surface area contributed by atoms with Crippen LogP contribution in [0.5, 0.6) is 5.75 Å². The maximum atomic E-state index is 12.9. The van der Waals surface area contributed by atoms with Crippen molar-refractivity contribution >= 4 is 5.91 Å². The zero-order chi connectivity index (χ0) is 21.6. The fourth-order valence-electron chi connectivity index (χ4n) is 4.23. The molecule has 0 spiro atoms. The first kappa shape index (κ1) is 21.1. The second kappa shape index (κ2) is 9.75. The number of hydrogen-bond donors (Lipinski definition) is 0. The smallest absolute Gasteiger partial charge is 0.227 e. The Morgan fingerprint density at radius 3 is 2.29 bits per heavy atom. The standard InChI is InChI=1S/C24H29N5O2/c1-19(16-29-18-25-17-26-29)24(30)28-14-12-27(13-15-28)23(20-6-4-3-5-7-20)21-8-10-22(31-2)11-9-21/h3-11,17-19,23H,12-16H2,1-2H3. The van der Waals surface area contributed by atoms with Gasteiger partial charge in [-0.2, -0.15) is 5.10 Å². The van der Waals surface area contributed by atoms with Gasteiger partial charge in [-0.15, -0.1) is 0 Å². The van der Waals surface area contributed by atoms with E-state index in [1.807, 2.05) is 30.0 Å². The number of rotatable bonds is 7. The summed E-state index contributed by atoms with van der Waals surface area (Å²) in [6, 6.07) is 19.0. The first-order chi connectivity index (χ1) is 15.2. The van der Waals surface area contributed by atoms with E-state index in [4.69, 9.17) is 4.74 Å². The molecule has 162 valence electrons. The van der Waals surface area contributed by atoms with E-state index >= 15 is 0 Å². The minimum Gasteiger partial charge on any atom is -0.497 e. The molecule has 7 nitrogen and oxygen atoms in total. The van der Waals surface area contributed by atoms with Crippen LogP contribution in [0.25, 0.3) is 0 Å². The molecule has 0 aliphatic carbocycles. The highest BCUT2D eigenvalue weighted by molar-refractivity contribution is 5.78. The Balaban J connectivity index is 1.45. The Hall–Kier alpha value is -3.19. The van der Waals surface area contributed by atoms with Crippen molar-refractivity contribution in [2.45, 2.75) is 19.5 Å². The fourth-order valence-corrected chi connectivity index (χ4v) is 4.23. The molecule has 4 rings (SSSR count). The maximum Gasteiger partial charge on any atom is 0.227 e. The SMILES string of the molecule is COc1ccc(C(c2ccccc2)N2CCN(C(=O)C(C)Cn3cncn3)CC2)cc1. The molecule has 1 amide bonds. The van der Waals surface area contributed by atoms with Gasteiger partial charge in [0.1, 0.15) is 18.4 Å². The second-order valence-electron chi connectivity index (χ2n) is 7.97. The molecule has 2 heterocycles. The lowest BCUT2D eigenvalue weighted by molar-refractivity contribution is -0.137. The van der Waals surface area contributed by atoms with Crippen LogP contribution in [0, 0.1) is 5.92 Å². The molecule has 3 aromatic rings. The van der Waals surface area contributed by atoms with Gasteiger partial charge in [-0.1, -0.05) is 49.4 Å². The van der Waals surface area contributed by atoms with E-state index in [1.54, 1.807) is 18.1 Å². The molecule has 2 aromatic carbocycles. The number of carbonyl (C=O) groups is 1. The van der Waals surface area contributed by atoms with Crippen LogP contribution < -0.4 is 4.74 Å². The number of hydrogen-bond acceptors (Lipinski definition) is 5. The number of carbonyl (C=O) groups excluding carboxylic acids is 1. The highest BCUT2D eigenvalue weighted by atomic mass is 16.5. The summed E-state index contributed by atoms with van der Waals surface area (Å²) in [6.45, 7) is 5.61. The predicted molar refractivity (Wildman–Crippen MR) is 119 cm³/mol. The van der Waals surface area contributed by atoms with E-state index in [0.717, 1.165) is 31.9 Å². The van der Waals surface area contributed by atoms with Gasteiger partial charge in [0, 0.05) is 26.2 Å². The Morgan fingerprint density at radius 1 is 1.00 bits per heavy atom. The topological polar surface area (TPSA) is 63.5 Å². The van der Waals surface area contributed by atoms with E-state index in [1.165, 1.54) is 17.5 Å². The molecule has 1 aliphatic rings. The quantitative estimate of drug-likeness (QED) is 0.589. The van der Waals surface area contributed by atoms with Gasteiger partial charge < -0.3 is 9.64 Å². The number of aromatic nitrogens is 3. The minimum atomic E-state index is -0.125. The monoisotopic (exact) mass is 419 g/mol. The summed E-state index contributed by atoms with van der Waals surface area (Å²) in [4.78, 5) is 21.3. The lowest BCUT2D eigenvalue weighted by Crippen LogP contribution is -2.51. The van der Waals surface area contributed by atoms with Crippen LogP contribution in [-0.4, -0.2) is 63.8 Å². The zero-order valence-corrected chi connectivity index (χ0v) is 18.1. The van der Waals surface area contributed by atoms with Crippen molar-refractivity contribution in [2.75, 3.05) is 33.3 Å². The highest BCUT2D eigenvalue weighted by Crippen LogP contribution is 2.31. The summed E-state index contributed by atoms with van der Waals surface area (Å²) >= 11 is 0. The number of benzene rings is 2. The molecule has 0 saturated carbocycles. The van der Waals surface area contributed by atoms with E-state index < -0.39 is 0 Å². The minimum absolute atomic E-state index is 0.125. The first-order valence-corrected chi connectivity index (χ1v) is 10.7. The zero-order valence-electron chi connectivity index (χ0n) is 18.1. The average Bonchev–Trinajstić information content (AvgIpc) is 3.33. The third-order valence-corrected chi connectivity index (χ3v) is 5.89. The van der Waals surface area contributed by atoms with E-state index in [-0.39, 0.29) is 17.9 Å². The average molecular weight is 420 g/mol. The van der Waals surface area contributed by atoms with E-state index in [9.17, 15) is 4.79 Å². The summed E-state index contributed by atoms with van der Waals surface area (Å²) in [6.07, 6.45) is 3.15. The van der Waals surface area contributed by atoms with Crippen LogP contribution in [0.4, 0.5) is 0 Å². The number of amides is 1. The van der Waals surface area contributed by atoms with Crippen LogP contribution in [0.2, 0.25) is 0 Å². The van der Waals surface area contributed by atoms with Crippen molar-refractivity contribution in [1.82, 2.24) is 24.6 Å². The number of piperazine rings is 1. The normalized spacial score (nSPS) is 16.6. The van der Waals surface area contributed by atoms with Crippen molar-refractivity contribution in [3.63, 3.8) is 0 Å². The molecule has 1 saturated heterocycles. The Kier molecular flexibility index (Phi) is 6.62. The van der Waals surface area contributed by atoms with Crippen LogP contribution in [0.1, 0.15) is 24.1 Å². The molecule has 0 N–H and O–H groups in total. The summed E-state index contributed by atoms with van der Waals surface area (Å²) < 4.78 is 7.05. The van der Waals surface area contributed by atoms with Crippen LogP contribution in [-0.2, 0) is 11.3 Å². The molecule has 2 atom stereocenters.